The lowest BCUT2D eigenvalue weighted by Crippen LogP contribution is -2.33. The van der Waals surface area contributed by atoms with Crippen molar-refractivity contribution in [2.24, 2.45) is 0 Å². The van der Waals surface area contributed by atoms with Gasteiger partial charge in [-0.2, -0.15) is 4.37 Å². The number of aromatic nitrogens is 2. The van der Waals surface area contributed by atoms with Crippen molar-refractivity contribution in [3.63, 3.8) is 0 Å². The Labute approximate surface area is 120 Å². The van der Waals surface area contributed by atoms with Crippen LogP contribution in [0.15, 0.2) is 30.5 Å². The summed E-state index contributed by atoms with van der Waals surface area (Å²) in [6, 6.07) is 6.30. The third kappa shape index (κ3) is 4.52. The molecule has 0 radical (unpaired) electrons. The number of halogens is 1. The summed E-state index contributed by atoms with van der Waals surface area (Å²) in [6.07, 6.45) is 0.853. The molecule has 7 heteroatoms. The fourth-order valence-electron chi connectivity index (χ4n) is 1.64. The molecular formula is C13H16FN3O2S. The van der Waals surface area contributed by atoms with Gasteiger partial charge in [0.1, 0.15) is 24.7 Å². The molecular weight excluding hydrogens is 281 g/mol. The number of ether oxygens (including phenoxy) is 1. The number of hydrogen-bond donors (Lipinski definition) is 2. The largest absolute Gasteiger partial charge is 0.473 e. The van der Waals surface area contributed by atoms with E-state index in [-0.39, 0.29) is 18.5 Å². The number of rotatable bonds is 7. The average Bonchev–Trinajstić information content (AvgIpc) is 2.96. The fourth-order valence-corrected chi connectivity index (χ4v) is 2.01. The van der Waals surface area contributed by atoms with Gasteiger partial charge in [0.2, 0.25) is 5.88 Å². The maximum Gasteiger partial charge on any atom is 0.245 e. The first kappa shape index (κ1) is 14.8. The third-order valence-electron chi connectivity index (χ3n) is 2.79. The minimum Gasteiger partial charge on any atom is -0.473 e. The van der Waals surface area contributed by atoms with E-state index in [1.165, 1.54) is 18.3 Å². The first-order chi connectivity index (χ1) is 9.65. The molecule has 0 amide bonds. The summed E-state index contributed by atoms with van der Waals surface area (Å²) < 4.78 is 25.8. The van der Waals surface area contributed by atoms with Gasteiger partial charge in [-0.3, -0.25) is 0 Å². The second-order valence-electron chi connectivity index (χ2n) is 4.39. The quantitative estimate of drug-likeness (QED) is 0.815. The summed E-state index contributed by atoms with van der Waals surface area (Å²) in [5.74, 6) is 0.159. The van der Waals surface area contributed by atoms with Crippen LogP contribution in [0.3, 0.4) is 0 Å². The number of nitrogens with zero attached hydrogens (tertiary/aromatic N) is 2. The lowest BCUT2D eigenvalue weighted by Gasteiger charge is -2.17. The molecule has 1 aromatic heterocycles. The van der Waals surface area contributed by atoms with Crippen LogP contribution in [0, 0.1) is 5.82 Å². The van der Waals surface area contributed by atoms with Crippen molar-refractivity contribution in [3.05, 3.63) is 41.8 Å². The van der Waals surface area contributed by atoms with Crippen LogP contribution in [0.5, 0.6) is 5.88 Å². The maximum absolute atomic E-state index is 12.8. The first-order valence-electron chi connectivity index (χ1n) is 6.22. The van der Waals surface area contributed by atoms with Crippen molar-refractivity contribution in [2.75, 3.05) is 13.2 Å². The Morgan fingerprint density at radius 1 is 1.40 bits per heavy atom. The molecule has 1 unspecified atom stereocenters. The summed E-state index contributed by atoms with van der Waals surface area (Å²) in [5, 5.41) is 13.0. The molecule has 2 N–H and O–H groups in total. The van der Waals surface area contributed by atoms with Crippen LogP contribution in [0.2, 0.25) is 0 Å². The molecule has 0 fully saturated rings. The molecule has 0 aliphatic heterocycles. The topological polar surface area (TPSA) is 67.3 Å². The van der Waals surface area contributed by atoms with E-state index in [1.54, 1.807) is 12.1 Å². The van der Waals surface area contributed by atoms with Crippen LogP contribution in [0.25, 0.3) is 0 Å². The minimum atomic E-state index is -0.653. The molecule has 0 saturated heterocycles. The van der Waals surface area contributed by atoms with E-state index in [9.17, 15) is 9.50 Å². The fraction of sp³-hybridized carbons (Fsp3) is 0.385. The molecule has 5 nitrogen and oxygen atoms in total. The molecule has 1 heterocycles. The zero-order valence-corrected chi connectivity index (χ0v) is 11.8. The monoisotopic (exact) mass is 297 g/mol. The first-order valence-corrected chi connectivity index (χ1v) is 6.95. The van der Waals surface area contributed by atoms with E-state index in [4.69, 9.17) is 4.74 Å². The molecule has 0 aliphatic rings. The van der Waals surface area contributed by atoms with Crippen molar-refractivity contribution in [1.29, 1.82) is 0 Å². The highest BCUT2D eigenvalue weighted by Crippen LogP contribution is 2.12. The van der Waals surface area contributed by atoms with E-state index in [2.05, 4.69) is 14.1 Å². The average molecular weight is 297 g/mol. The maximum atomic E-state index is 12.8. The molecule has 0 aliphatic carbocycles. The number of aliphatic hydroxyl groups excluding tert-OH is 1. The Morgan fingerprint density at radius 3 is 2.80 bits per heavy atom. The third-order valence-corrected chi connectivity index (χ3v) is 3.26. The van der Waals surface area contributed by atoms with Crippen molar-refractivity contribution in [2.45, 2.75) is 19.1 Å². The number of nitrogens with one attached hydrogen (secondary N) is 1. The van der Waals surface area contributed by atoms with Crippen LogP contribution >= 0.6 is 11.7 Å². The Balaban J connectivity index is 1.72. The van der Waals surface area contributed by atoms with Gasteiger partial charge < -0.3 is 15.2 Å². The highest BCUT2D eigenvalue weighted by Gasteiger charge is 2.10. The van der Waals surface area contributed by atoms with Crippen molar-refractivity contribution in [1.82, 2.24) is 14.1 Å². The number of benzene rings is 1. The summed E-state index contributed by atoms with van der Waals surface area (Å²) in [6.45, 7) is 2.47. The Kier molecular flexibility index (Phi) is 5.40. The Bertz CT molecular complexity index is 507. The van der Waals surface area contributed by atoms with Crippen LogP contribution in [0.4, 0.5) is 4.39 Å². The van der Waals surface area contributed by atoms with E-state index < -0.39 is 6.10 Å². The lowest BCUT2D eigenvalue weighted by molar-refractivity contribution is 0.102. The highest BCUT2D eigenvalue weighted by atomic mass is 32.1. The van der Waals surface area contributed by atoms with E-state index in [1.807, 2.05) is 6.92 Å². The number of hydrogen-bond acceptors (Lipinski definition) is 6. The van der Waals surface area contributed by atoms with Crippen molar-refractivity contribution in [3.8, 4) is 5.88 Å². The zero-order valence-electron chi connectivity index (χ0n) is 11.0. The Morgan fingerprint density at radius 2 is 2.15 bits per heavy atom. The summed E-state index contributed by atoms with van der Waals surface area (Å²) >= 11 is 1.06. The van der Waals surface area contributed by atoms with E-state index in [0.29, 0.717) is 12.4 Å². The summed E-state index contributed by atoms with van der Waals surface area (Å²) in [7, 11) is 0. The summed E-state index contributed by atoms with van der Waals surface area (Å²) in [5.41, 5.74) is 0.961. The van der Waals surface area contributed by atoms with Crippen LogP contribution < -0.4 is 10.1 Å². The zero-order chi connectivity index (χ0) is 14.4. The van der Waals surface area contributed by atoms with Gasteiger partial charge in [0.25, 0.3) is 0 Å². The van der Waals surface area contributed by atoms with Gasteiger partial charge in [-0.05, 0) is 24.6 Å². The van der Waals surface area contributed by atoms with Crippen molar-refractivity contribution >= 4 is 11.7 Å². The molecule has 1 aromatic carbocycles. The molecule has 0 spiro atoms. The van der Waals surface area contributed by atoms with Gasteiger partial charge in [0.05, 0.1) is 11.7 Å². The van der Waals surface area contributed by atoms with Gasteiger partial charge >= 0.3 is 0 Å². The number of aliphatic hydroxyl groups is 1. The molecule has 0 saturated carbocycles. The predicted octanol–water partition coefficient (Wildman–Crippen LogP) is 1.77. The van der Waals surface area contributed by atoms with Crippen LogP contribution in [0.1, 0.15) is 18.5 Å². The van der Waals surface area contributed by atoms with E-state index in [0.717, 1.165) is 17.3 Å². The Hall–Kier alpha value is -1.57. The predicted molar refractivity (Wildman–Crippen MR) is 74.2 cm³/mol. The second-order valence-corrected chi connectivity index (χ2v) is 4.95. The molecule has 2 rings (SSSR count). The molecule has 0 bridgehead atoms. The van der Waals surface area contributed by atoms with Gasteiger partial charge in [0, 0.05) is 12.6 Å². The minimum absolute atomic E-state index is 0.0196. The SMILES string of the molecule is C[C@H](NCC(O)COc1cnsn1)c1ccc(F)cc1. The normalized spacial score (nSPS) is 13.9. The van der Waals surface area contributed by atoms with Crippen molar-refractivity contribution < 1.29 is 14.2 Å². The van der Waals surface area contributed by atoms with Gasteiger partial charge in [-0.25, -0.2) is 4.39 Å². The second kappa shape index (κ2) is 7.28. The highest BCUT2D eigenvalue weighted by molar-refractivity contribution is 6.99. The molecule has 20 heavy (non-hydrogen) atoms. The van der Waals surface area contributed by atoms with Crippen LogP contribution in [-0.4, -0.2) is 33.1 Å². The standard InChI is InChI=1S/C13H16FN3O2S/c1-9(10-2-4-11(14)5-3-10)15-6-12(18)8-19-13-7-16-20-17-13/h2-5,7,9,12,15,18H,6,8H2,1H3/t9-,12?/m0/s1. The smallest absolute Gasteiger partial charge is 0.245 e. The van der Waals surface area contributed by atoms with E-state index >= 15 is 0 Å². The van der Waals surface area contributed by atoms with Gasteiger partial charge in [-0.1, -0.05) is 12.1 Å². The summed E-state index contributed by atoms with van der Waals surface area (Å²) in [4.78, 5) is 0. The van der Waals surface area contributed by atoms with Gasteiger partial charge in [-0.15, -0.1) is 4.37 Å². The molecule has 2 aromatic rings. The lowest BCUT2D eigenvalue weighted by atomic mass is 10.1. The van der Waals surface area contributed by atoms with Crippen LogP contribution in [-0.2, 0) is 0 Å². The molecule has 108 valence electrons. The molecule has 2 atom stereocenters. The van der Waals surface area contributed by atoms with Gasteiger partial charge in [0.15, 0.2) is 0 Å².